The number of benzene rings is 1. The molecule has 0 radical (unpaired) electrons. The van der Waals surface area contributed by atoms with Crippen molar-refractivity contribution in [2.24, 2.45) is 0 Å². The van der Waals surface area contributed by atoms with Crippen molar-refractivity contribution >= 4 is 34.7 Å². The lowest BCUT2D eigenvalue weighted by atomic mass is 10.3. The summed E-state index contributed by atoms with van der Waals surface area (Å²) in [5.41, 5.74) is 1.53. The molecule has 0 aliphatic heterocycles. The first kappa shape index (κ1) is 16.4. The Bertz CT molecular complexity index is 802. The number of hydrogen-bond donors (Lipinski definition) is 1. The minimum atomic E-state index is -0.155. The molecule has 0 aliphatic rings. The zero-order chi connectivity index (χ0) is 16.9. The number of rotatable bonds is 5. The third-order valence-electron chi connectivity index (χ3n) is 3.38. The molecule has 1 N–H and O–H groups in total. The molecule has 0 bridgehead atoms. The van der Waals surface area contributed by atoms with Gasteiger partial charge >= 0.3 is 6.03 Å². The fourth-order valence-corrected chi connectivity index (χ4v) is 3.23. The van der Waals surface area contributed by atoms with E-state index in [1.165, 1.54) is 17.7 Å². The molecule has 7 nitrogen and oxygen atoms in total. The third kappa shape index (κ3) is 3.90. The van der Waals surface area contributed by atoms with Crippen LogP contribution >= 0.6 is 22.9 Å². The highest BCUT2D eigenvalue weighted by atomic mass is 35.5. The Hall–Kier alpha value is -2.45. The maximum absolute atomic E-state index is 12.4. The van der Waals surface area contributed by atoms with Gasteiger partial charge in [-0.3, -0.25) is 0 Å². The highest BCUT2D eigenvalue weighted by Crippen LogP contribution is 2.23. The van der Waals surface area contributed by atoms with E-state index in [1.807, 2.05) is 43.3 Å². The summed E-state index contributed by atoms with van der Waals surface area (Å²) < 4.78 is 2.27. The van der Waals surface area contributed by atoms with Crippen molar-refractivity contribution in [2.45, 2.75) is 13.5 Å². The van der Waals surface area contributed by atoms with E-state index in [9.17, 15) is 4.79 Å². The van der Waals surface area contributed by atoms with Gasteiger partial charge in [0.1, 0.15) is 6.33 Å². The van der Waals surface area contributed by atoms with E-state index in [4.69, 9.17) is 11.6 Å². The number of thiophene rings is 1. The number of aromatic nitrogens is 4. The molecule has 9 heteroatoms. The fraction of sp³-hybridized carbons (Fsp3) is 0.200. The van der Waals surface area contributed by atoms with Gasteiger partial charge in [0.25, 0.3) is 0 Å². The van der Waals surface area contributed by atoms with Crippen molar-refractivity contribution in [3.8, 4) is 5.69 Å². The normalized spacial score (nSPS) is 10.6. The summed E-state index contributed by atoms with van der Waals surface area (Å²) in [6.45, 7) is 3.07. The second kappa shape index (κ2) is 7.41. The lowest BCUT2D eigenvalue weighted by Crippen LogP contribution is -2.34. The van der Waals surface area contributed by atoms with E-state index in [2.05, 4.69) is 20.8 Å². The van der Waals surface area contributed by atoms with Gasteiger partial charge in [-0.2, -0.15) is 0 Å². The van der Waals surface area contributed by atoms with Crippen LogP contribution in [-0.2, 0) is 6.54 Å². The van der Waals surface area contributed by atoms with Crippen molar-refractivity contribution in [1.29, 1.82) is 0 Å². The Labute approximate surface area is 147 Å². The minimum absolute atomic E-state index is 0.155. The van der Waals surface area contributed by atoms with Crippen LogP contribution in [0.15, 0.2) is 42.7 Å². The van der Waals surface area contributed by atoms with E-state index in [-0.39, 0.29) is 6.03 Å². The van der Waals surface area contributed by atoms with Crippen molar-refractivity contribution < 1.29 is 4.79 Å². The van der Waals surface area contributed by atoms with Gasteiger partial charge in [-0.05, 0) is 53.7 Å². The first-order valence-corrected chi connectivity index (χ1v) is 8.48. The molecule has 0 aliphatic carbocycles. The Morgan fingerprint density at radius 1 is 1.29 bits per heavy atom. The van der Waals surface area contributed by atoms with Gasteiger partial charge in [0, 0.05) is 17.1 Å². The molecule has 2 heterocycles. The molecule has 0 saturated carbocycles. The lowest BCUT2D eigenvalue weighted by Gasteiger charge is -2.20. The summed E-state index contributed by atoms with van der Waals surface area (Å²) in [5, 5.41) is 13.9. The number of anilines is 1. The molecule has 3 aromatic rings. The average molecular weight is 363 g/mol. The summed E-state index contributed by atoms with van der Waals surface area (Å²) >= 11 is 7.41. The van der Waals surface area contributed by atoms with Gasteiger partial charge < -0.3 is 10.2 Å². The molecule has 3 rings (SSSR count). The van der Waals surface area contributed by atoms with Crippen LogP contribution in [0.3, 0.4) is 0 Å². The topological polar surface area (TPSA) is 75.9 Å². The van der Waals surface area contributed by atoms with E-state index in [1.54, 1.807) is 9.58 Å². The van der Waals surface area contributed by atoms with Gasteiger partial charge in [-0.1, -0.05) is 11.6 Å². The second-order valence-electron chi connectivity index (χ2n) is 4.95. The van der Waals surface area contributed by atoms with Gasteiger partial charge in [0.15, 0.2) is 0 Å². The number of amides is 2. The van der Waals surface area contributed by atoms with Crippen LogP contribution < -0.4 is 5.32 Å². The molecule has 24 heavy (non-hydrogen) atoms. The zero-order valence-electron chi connectivity index (χ0n) is 12.9. The van der Waals surface area contributed by atoms with Crippen LogP contribution in [0.25, 0.3) is 5.69 Å². The smallest absolute Gasteiger partial charge is 0.320 e. The number of tetrazole rings is 1. The van der Waals surface area contributed by atoms with Crippen LogP contribution in [0.4, 0.5) is 10.5 Å². The van der Waals surface area contributed by atoms with Gasteiger partial charge in [-0.15, -0.1) is 16.4 Å². The molecule has 2 aromatic heterocycles. The SMILES string of the molecule is CCN(Cc1ccc(Cl)s1)C(=O)Nc1ccc(-n2cnnn2)cc1. The maximum atomic E-state index is 12.4. The first-order valence-electron chi connectivity index (χ1n) is 7.29. The van der Waals surface area contributed by atoms with E-state index in [0.717, 1.165) is 14.9 Å². The number of hydrogen-bond acceptors (Lipinski definition) is 5. The van der Waals surface area contributed by atoms with Crippen molar-refractivity contribution in [1.82, 2.24) is 25.1 Å². The Morgan fingerprint density at radius 2 is 2.08 bits per heavy atom. The number of halogens is 1. The van der Waals surface area contributed by atoms with Crippen molar-refractivity contribution in [2.75, 3.05) is 11.9 Å². The van der Waals surface area contributed by atoms with Crippen molar-refractivity contribution in [3.05, 3.63) is 51.9 Å². The van der Waals surface area contributed by atoms with E-state index < -0.39 is 0 Å². The minimum Gasteiger partial charge on any atom is -0.320 e. The molecule has 0 saturated heterocycles. The molecule has 0 spiro atoms. The molecular weight excluding hydrogens is 348 g/mol. The molecular formula is C15H15ClN6OS. The Kier molecular flexibility index (Phi) is 5.07. The maximum Gasteiger partial charge on any atom is 0.322 e. The monoisotopic (exact) mass is 362 g/mol. The van der Waals surface area contributed by atoms with Crippen LogP contribution in [0.2, 0.25) is 4.34 Å². The second-order valence-corrected chi connectivity index (χ2v) is 6.75. The predicted octanol–water partition coefficient (Wildman–Crippen LogP) is 3.43. The molecule has 0 unspecified atom stereocenters. The quantitative estimate of drug-likeness (QED) is 0.754. The van der Waals surface area contributed by atoms with Crippen LogP contribution in [0.5, 0.6) is 0 Å². The number of carbonyl (C=O) groups excluding carboxylic acids is 1. The summed E-state index contributed by atoms with van der Waals surface area (Å²) in [6.07, 6.45) is 1.51. The molecule has 124 valence electrons. The highest BCUT2D eigenvalue weighted by molar-refractivity contribution is 7.16. The number of nitrogens with zero attached hydrogens (tertiary/aromatic N) is 5. The molecule has 2 amide bonds. The number of urea groups is 1. The number of carbonyl (C=O) groups is 1. The Morgan fingerprint density at radius 3 is 2.67 bits per heavy atom. The molecule has 1 aromatic carbocycles. The Balaban J connectivity index is 1.64. The number of nitrogens with one attached hydrogen (secondary N) is 1. The van der Waals surface area contributed by atoms with E-state index >= 15 is 0 Å². The summed E-state index contributed by atoms with van der Waals surface area (Å²) in [6, 6.07) is 10.9. The summed E-state index contributed by atoms with van der Waals surface area (Å²) in [4.78, 5) is 15.2. The van der Waals surface area contributed by atoms with Gasteiger partial charge in [0.05, 0.1) is 16.6 Å². The van der Waals surface area contributed by atoms with Gasteiger partial charge in [0.2, 0.25) is 0 Å². The lowest BCUT2D eigenvalue weighted by molar-refractivity contribution is 0.212. The molecule has 0 atom stereocenters. The average Bonchev–Trinajstić information content (AvgIpc) is 3.25. The van der Waals surface area contributed by atoms with Crippen LogP contribution in [0, 0.1) is 0 Å². The third-order valence-corrected chi connectivity index (χ3v) is 4.59. The molecule has 0 fully saturated rings. The van der Waals surface area contributed by atoms with Crippen molar-refractivity contribution in [3.63, 3.8) is 0 Å². The largest absolute Gasteiger partial charge is 0.322 e. The van der Waals surface area contributed by atoms with Gasteiger partial charge in [-0.25, -0.2) is 9.48 Å². The standard InChI is InChI=1S/C15H15ClN6OS/c1-2-21(9-13-7-8-14(16)24-13)15(23)18-11-3-5-12(6-4-11)22-10-17-19-20-22/h3-8,10H,2,9H2,1H3,(H,18,23). The summed E-state index contributed by atoms with van der Waals surface area (Å²) in [7, 11) is 0. The van der Waals surface area contributed by atoms with E-state index in [0.29, 0.717) is 18.8 Å². The summed E-state index contributed by atoms with van der Waals surface area (Å²) in [5.74, 6) is 0. The fourth-order valence-electron chi connectivity index (χ4n) is 2.13. The zero-order valence-corrected chi connectivity index (χ0v) is 14.5. The van der Waals surface area contributed by atoms with Crippen LogP contribution in [-0.4, -0.2) is 37.7 Å². The highest BCUT2D eigenvalue weighted by Gasteiger charge is 2.13. The predicted molar refractivity (Wildman–Crippen MR) is 93.6 cm³/mol. The first-order chi connectivity index (χ1) is 11.7. The van der Waals surface area contributed by atoms with Crippen LogP contribution in [0.1, 0.15) is 11.8 Å².